The number of benzene rings is 1. The van der Waals surface area contributed by atoms with Gasteiger partial charge in [-0.25, -0.2) is 8.42 Å². The largest absolute Gasteiger partial charge is 0.497 e. The summed E-state index contributed by atoms with van der Waals surface area (Å²) in [5, 5.41) is 0.787. The van der Waals surface area contributed by atoms with Crippen LogP contribution in [0.2, 0.25) is 0 Å². The lowest BCUT2D eigenvalue weighted by Crippen LogP contribution is -2.16. The second-order valence-corrected chi connectivity index (χ2v) is 6.54. The smallest absolute Gasteiger partial charge is 0.263 e. The quantitative estimate of drug-likeness (QED) is 0.935. The number of methoxy groups -OCH3 is 1. The Labute approximate surface area is 134 Å². The number of hydrogen-bond donors (Lipinski definition) is 1. The predicted molar refractivity (Wildman–Crippen MR) is 91.2 cm³/mol. The number of fused-ring (bicyclic) bond motifs is 1. The van der Waals surface area contributed by atoms with Crippen molar-refractivity contribution < 1.29 is 13.2 Å². The fraction of sp³-hybridized carbons (Fsp3) is 0.125. The van der Waals surface area contributed by atoms with Gasteiger partial charge < -0.3 is 4.74 Å². The number of anilines is 1. The van der Waals surface area contributed by atoms with Crippen LogP contribution in [0.25, 0.3) is 10.9 Å². The zero-order valence-electron chi connectivity index (χ0n) is 12.4. The number of sulfonamides is 1. The monoisotopic (exact) mass is 329 g/mol. The van der Waals surface area contributed by atoms with E-state index in [1.165, 1.54) is 13.3 Å². The van der Waals surface area contributed by atoms with Crippen molar-refractivity contribution in [3.05, 3.63) is 53.7 Å². The molecule has 3 rings (SSSR count). The molecular weight excluding hydrogens is 314 g/mol. The van der Waals surface area contributed by atoms with E-state index in [-0.39, 0.29) is 4.91 Å². The van der Waals surface area contributed by atoms with E-state index in [2.05, 4.69) is 14.7 Å². The van der Waals surface area contributed by atoms with Gasteiger partial charge in [0.05, 0.1) is 18.3 Å². The average molecular weight is 329 g/mol. The maximum atomic E-state index is 12.6. The summed E-state index contributed by atoms with van der Waals surface area (Å²) in [7, 11) is -2.22. The molecule has 0 bridgehead atoms. The number of hydrogen-bond acceptors (Lipinski definition) is 5. The van der Waals surface area contributed by atoms with Crippen molar-refractivity contribution in [2.75, 3.05) is 11.8 Å². The number of pyridine rings is 1. The Kier molecular flexibility index (Phi) is 4.12. The highest BCUT2D eigenvalue weighted by Crippen LogP contribution is 2.29. The summed E-state index contributed by atoms with van der Waals surface area (Å²) in [5.41, 5.74) is 0.924. The van der Waals surface area contributed by atoms with E-state index in [0.717, 1.165) is 5.39 Å². The molecule has 1 aliphatic heterocycles. The fourth-order valence-corrected chi connectivity index (χ4v) is 3.30. The number of ether oxygens (including phenoxy) is 1. The highest BCUT2D eigenvalue weighted by atomic mass is 32.2. The lowest BCUT2D eigenvalue weighted by Gasteiger charge is -2.12. The molecule has 1 N–H and O–H groups in total. The van der Waals surface area contributed by atoms with Gasteiger partial charge in [-0.3, -0.25) is 14.7 Å². The molecule has 0 atom stereocenters. The Bertz CT molecular complexity index is 931. The zero-order valence-corrected chi connectivity index (χ0v) is 13.2. The van der Waals surface area contributed by atoms with E-state index in [4.69, 9.17) is 4.74 Å². The molecule has 7 heteroatoms. The normalized spacial score (nSPS) is 14.4. The summed E-state index contributed by atoms with van der Waals surface area (Å²) in [6.07, 6.45) is 8.39. The first-order valence-corrected chi connectivity index (χ1v) is 8.42. The summed E-state index contributed by atoms with van der Waals surface area (Å²) in [6.45, 7) is 0. The first-order valence-electron chi connectivity index (χ1n) is 6.94. The summed E-state index contributed by atoms with van der Waals surface area (Å²) in [6, 6.07) is 7.04. The molecule has 0 aliphatic carbocycles. The van der Waals surface area contributed by atoms with Crippen LogP contribution in [0.15, 0.2) is 58.7 Å². The first kappa shape index (κ1) is 15.2. The van der Waals surface area contributed by atoms with Crippen LogP contribution in [-0.2, 0) is 10.0 Å². The molecule has 6 nitrogen and oxygen atoms in total. The molecule has 1 aromatic heterocycles. The molecule has 0 amide bonds. The molecule has 0 saturated heterocycles. The Hall–Kier alpha value is -2.67. The maximum absolute atomic E-state index is 12.6. The lowest BCUT2D eigenvalue weighted by atomic mass is 10.2. The molecule has 1 aromatic carbocycles. The fourth-order valence-electron chi connectivity index (χ4n) is 2.22. The molecule has 0 fully saturated rings. The second-order valence-electron chi connectivity index (χ2n) is 4.86. The summed E-state index contributed by atoms with van der Waals surface area (Å²) in [5.74, 6) is 0.549. The first-order chi connectivity index (χ1) is 11.1. The van der Waals surface area contributed by atoms with Crippen molar-refractivity contribution in [3.8, 4) is 5.75 Å². The molecule has 1 aliphatic rings. The summed E-state index contributed by atoms with van der Waals surface area (Å²) in [4.78, 5) is 8.30. The molecule has 23 heavy (non-hydrogen) atoms. The zero-order chi connectivity index (χ0) is 16.3. The van der Waals surface area contributed by atoms with Crippen LogP contribution in [0.3, 0.4) is 0 Å². The van der Waals surface area contributed by atoms with Crippen molar-refractivity contribution in [1.82, 2.24) is 4.98 Å². The highest BCUT2D eigenvalue weighted by molar-refractivity contribution is 7.97. The molecule has 0 saturated carbocycles. The van der Waals surface area contributed by atoms with Gasteiger partial charge in [0.1, 0.15) is 10.7 Å². The number of rotatable bonds is 4. The van der Waals surface area contributed by atoms with Gasteiger partial charge in [0, 0.05) is 30.1 Å². The minimum Gasteiger partial charge on any atom is -0.497 e. The third-order valence-electron chi connectivity index (χ3n) is 3.32. The van der Waals surface area contributed by atoms with Gasteiger partial charge in [0.2, 0.25) is 0 Å². The Morgan fingerprint density at radius 2 is 2.17 bits per heavy atom. The molecule has 118 valence electrons. The van der Waals surface area contributed by atoms with Crippen molar-refractivity contribution in [2.24, 2.45) is 4.99 Å². The van der Waals surface area contributed by atoms with Gasteiger partial charge in [-0.05, 0) is 18.6 Å². The SMILES string of the molecule is COc1cc(NS(=O)(=O)C2=CCC=CN=C2)c2ncccc2c1. The maximum Gasteiger partial charge on any atom is 0.263 e. The van der Waals surface area contributed by atoms with Gasteiger partial charge in [0.15, 0.2) is 0 Å². The Morgan fingerprint density at radius 1 is 1.30 bits per heavy atom. The lowest BCUT2D eigenvalue weighted by molar-refractivity contribution is 0.415. The number of nitrogens with zero attached hydrogens (tertiary/aromatic N) is 2. The number of aliphatic imine (C=N–C) groups is 1. The number of nitrogens with one attached hydrogen (secondary N) is 1. The topological polar surface area (TPSA) is 80.6 Å². The second kappa shape index (κ2) is 6.21. The van der Waals surface area contributed by atoms with Gasteiger partial charge in [-0.15, -0.1) is 0 Å². The van der Waals surface area contributed by atoms with Gasteiger partial charge in [-0.2, -0.15) is 0 Å². The van der Waals surface area contributed by atoms with Crippen LogP contribution in [0.1, 0.15) is 6.42 Å². The minimum absolute atomic E-state index is 0.120. The van der Waals surface area contributed by atoms with Gasteiger partial charge >= 0.3 is 0 Å². The Morgan fingerprint density at radius 3 is 3.00 bits per heavy atom. The van der Waals surface area contributed by atoms with Crippen molar-refractivity contribution in [1.29, 1.82) is 0 Å². The van der Waals surface area contributed by atoms with Crippen LogP contribution in [0.5, 0.6) is 5.75 Å². The van der Waals surface area contributed by atoms with Gasteiger partial charge in [-0.1, -0.05) is 18.2 Å². The van der Waals surface area contributed by atoms with Crippen LogP contribution in [0.4, 0.5) is 5.69 Å². The standard InChI is InChI=1S/C16H15N3O3S/c1-22-13-9-12-5-4-8-18-16(12)15(10-13)19-23(20,21)14-6-2-3-7-17-11-14/h3-11,19H,2H2,1H3. The summed E-state index contributed by atoms with van der Waals surface area (Å²) < 4.78 is 33.0. The van der Waals surface area contributed by atoms with Gasteiger partial charge in [0.25, 0.3) is 10.0 Å². The minimum atomic E-state index is -3.75. The van der Waals surface area contributed by atoms with Crippen LogP contribution >= 0.6 is 0 Å². The van der Waals surface area contributed by atoms with Crippen LogP contribution in [0, 0.1) is 0 Å². The third kappa shape index (κ3) is 3.24. The van der Waals surface area contributed by atoms with Crippen LogP contribution < -0.4 is 9.46 Å². The van der Waals surface area contributed by atoms with E-state index >= 15 is 0 Å². The highest BCUT2D eigenvalue weighted by Gasteiger charge is 2.18. The molecule has 0 unspecified atom stereocenters. The predicted octanol–water partition coefficient (Wildman–Crippen LogP) is 2.86. The number of aromatic nitrogens is 1. The Balaban J connectivity index is 2.05. The van der Waals surface area contributed by atoms with Crippen LogP contribution in [-0.4, -0.2) is 26.7 Å². The molecule has 0 radical (unpaired) electrons. The van der Waals surface area contributed by atoms with E-state index < -0.39 is 10.0 Å². The third-order valence-corrected chi connectivity index (χ3v) is 4.70. The molecule has 2 heterocycles. The van der Waals surface area contributed by atoms with E-state index in [1.54, 1.807) is 42.7 Å². The van der Waals surface area contributed by atoms with Crippen molar-refractivity contribution >= 4 is 32.8 Å². The van der Waals surface area contributed by atoms with E-state index in [0.29, 0.717) is 23.4 Å². The van der Waals surface area contributed by atoms with Crippen molar-refractivity contribution in [3.63, 3.8) is 0 Å². The molecular formula is C16H15N3O3S. The number of allylic oxidation sites excluding steroid dienone is 3. The average Bonchev–Trinajstić information content (AvgIpc) is 2.84. The van der Waals surface area contributed by atoms with E-state index in [1.807, 2.05) is 6.07 Å². The summed E-state index contributed by atoms with van der Waals surface area (Å²) >= 11 is 0. The van der Waals surface area contributed by atoms with Crippen molar-refractivity contribution in [2.45, 2.75) is 6.42 Å². The van der Waals surface area contributed by atoms with E-state index in [9.17, 15) is 8.42 Å². The molecule has 0 spiro atoms. The molecule has 2 aromatic rings.